The molecule has 0 spiro atoms. The molecule has 0 aliphatic heterocycles. The van der Waals surface area contributed by atoms with Crippen molar-refractivity contribution >= 4 is 23.4 Å². The van der Waals surface area contributed by atoms with Crippen molar-refractivity contribution < 1.29 is 4.42 Å². The molecular weight excluding hydrogens is 316 g/mol. The lowest BCUT2D eigenvalue weighted by Crippen LogP contribution is -1.89. The number of rotatable bonds is 4. The van der Waals surface area contributed by atoms with Gasteiger partial charge in [0.2, 0.25) is 5.89 Å². The van der Waals surface area contributed by atoms with Gasteiger partial charge in [-0.1, -0.05) is 59.3 Å². The number of hydrogen-bond donors (Lipinski definition) is 0. The van der Waals surface area contributed by atoms with E-state index in [1.165, 1.54) is 11.8 Å². The number of hydrogen-bond acceptors (Lipinski definition) is 4. The summed E-state index contributed by atoms with van der Waals surface area (Å²) in [6, 6.07) is 15.8. The monoisotopic (exact) mass is 330 g/mol. The molecule has 1 atom stereocenters. The van der Waals surface area contributed by atoms with E-state index in [1.54, 1.807) is 0 Å². The van der Waals surface area contributed by atoms with Crippen LogP contribution >= 0.6 is 23.4 Å². The number of aromatic nitrogens is 2. The second kappa shape index (κ2) is 6.55. The fraction of sp³-hybridized carbons (Fsp3) is 0.176. The van der Waals surface area contributed by atoms with Gasteiger partial charge in [0.1, 0.15) is 0 Å². The van der Waals surface area contributed by atoms with Gasteiger partial charge in [0.05, 0.1) is 0 Å². The van der Waals surface area contributed by atoms with E-state index >= 15 is 0 Å². The highest BCUT2D eigenvalue weighted by Gasteiger charge is 2.16. The standard InChI is InChI=1S/C17H15ClN2OS/c1-11-6-5-7-13(10-11)16-19-20-17(21-16)22-12(2)14-8-3-4-9-15(14)18/h3-10,12H,1-2H3/t12-/m1/s1. The Balaban J connectivity index is 1.79. The van der Waals surface area contributed by atoms with Crippen molar-refractivity contribution in [2.75, 3.05) is 0 Å². The molecule has 1 aromatic heterocycles. The zero-order valence-corrected chi connectivity index (χ0v) is 13.9. The Morgan fingerprint density at radius 3 is 2.68 bits per heavy atom. The summed E-state index contributed by atoms with van der Waals surface area (Å²) in [7, 11) is 0. The molecule has 22 heavy (non-hydrogen) atoms. The van der Waals surface area contributed by atoms with E-state index in [0.29, 0.717) is 11.1 Å². The minimum atomic E-state index is 0.138. The van der Waals surface area contributed by atoms with Gasteiger partial charge in [0.25, 0.3) is 5.22 Å². The number of thioether (sulfide) groups is 1. The first-order valence-corrected chi connectivity index (χ1v) is 8.21. The molecule has 0 aliphatic rings. The lowest BCUT2D eigenvalue weighted by Gasteiger charge is -2.10. The SMILES string of the molecule is Cc1cccc(-c2nnc(S[C@H](C)c3ccccc3Cl)o2)c1. The number of halogens is 1. The van der Waals surface area contributed by atoms with Crippen LogP contribution in [0.25, 0.3) is 11.5 Å². The quantitative estimate of drug-likeness (QED) is 0.588. The van der Waals surface area contributed by atoms with Crippen LogP contribution in [-0.2, 0) is 0 Å². The van der Waals surface area contributed by atoms with Crippen LogP contribution in [0.5, 0.6) is 0 Å². The molecule has 0 fully saturated rings. The summed E-state index contributed by atoms with van der Waals surface area (Å²) >= 11 is 7.73. The van der Waals surface area contributed by atoms with Gasteiger partial charge in [-0.2, -0.15) is 0 Å². The second-order valence-corrected chi connectivity index (χ2v) is 6.72. The molecule has 112 valence electrons. The normalized spacial score (nSPS) is 12.3. The average Bonchev–Trinajstić information content (AvgIpc) is 2.96. The molecule has 2 aromatic carbocycles. The summed E-state index contributed by atoms with van der Waals surface area (Å²) in [5, 5.41) is 9.68. The largest absolute Gasteiger partial charge is 0.411 e. The molecule has 0 saturated carbocycles. The Morgan fingerprint density at radius 1 is 1.09 bits per heavy atom. The predicted octanol–water partition coefficient (Wildman–Crippen LogP) is 5.55. The fourth-order valence-electron chi connectivity index (χ4n) is 2.17. The molecule has 0 unspecified atom stereocenters. The highest BCUT2D eigenvalue weighted by Crippen LogP contribution is 2.37. The van der Waals surface area contributed by atoms with Gasteiger partial charge >= 0.3 is 0 Å². The molecule has 0 amide bonds. The molecule has 5 heteroatoms. The Hall–Kier alpha value is -1.78. The molecule has 0 bridgehead atoms. The first kappa shape index (κ1) is 15.1. The van der Waals surface area contributed by atoms with Crippen LogP contribution in [0.2, 0.25) is 5.02 Å². The number of benzene rings is 2. The molecule has 0 radical (unpaired) electrons. The molecule has 0 N–H and O–H groups in total. The van der Waals surface area contributed by atoms with Crippen LogP contribution < -0.4 is 0 Å². The number of nitrogens with zero attached hydrogens (tertiary/aromatic N) is 2. The van der Waals surface area contributed by atoms with Crippen LogP contribution in [0, 0.1) is 6.92 Å². The molecular formula is C17H15ClN2OS. The minimum Gasteiger partial charge on any atom is -0.411 e. The Bertz CT molecular complexity index is 788. The van der Waals surface area contributed by atoms with Gasteiger partial charge in [-0.05, 0) is 37.6 Å². The van der Waals surface area contributed by atoms with Gasteiger partial charge in [0, 0.05) is 15.8 Å². The maximum Gasteiger partial charge on any atom is 0.277 e. The zero-order valence-electron chi connectivity index (χ0n) is 12.3. The molecule has 1 heterocycles. The second-order valence-electron chi connectivity index (χ2n) is 5.02. The molecule has 3 aromatic rings. The van der Waals surface area contributed by atoms with Crippen molar-refractivity contribution in [1.29, 1.82) is 0 Å². The van der Waals surface area contributed by atoms with Gasteiger partial charge in [-0.25, -0.2) is 0 Å². The summed E-state index contributed by atoms with van der Waals surface area (Å²) < 4.78 is 5.75. The van der Waals surface area contributed by atoms with Crippen LogP contribution in [0.15, 0.2) is 58.2 Å². The molecule has 0 saturated heterocycles. The smallest absolute Gasteiger partial charge is 0.277 e. The van der Waals surface area contributed by atoms with E-state index in [4.69, 9.17) is 16.0 Å². The predicted molar refractivity (Wildman–Crippen MR) is 90.2 cm³/mol. The van der Waals surface area contributed by atoms with E-state index in [9.17, 15) is 0 Å². The summed E-state index contributed by atoms with van der Waals surface area (Å²) in [6.45, 7) is 4.11. The lowest BCUT2D eigenvalue weighted by atomic mass is 10.1. The van der Waals surface area contributed by atoms with E-state index in [2.05, 4.69) is 17.1 Å². The van der Waals surface area contributed by atoms with Gasteiger partial charge in [-0.15, -0.1) is 10.2 Å². The Morgan fingerprint density at radius 2 is 1.91 bits per heavy atom. The van der Waals surface area contributed by atoms with Crippen molar-refractivity contribution in [3.8, 4) is 11.5 Å². The first-order valence-electron chi connectivity index (χ1n) is 6.95. The molecule has 3 rings (SSSR count). The van der Waals surface area contributed by atoms with Crippen molar-refractivity contribution in [3.05, 3.63) is 64.7 Å². The maximum absolute atomic E-state index is 6.22. The van der Waals surface area contributed by atoms with Crippen molar-refractivity contribution in [3.63, 3.8) is 0 Å². The third kappa shape index (κ3) is 3.34. The topological polar surface area (TPSA) is 38.9 Å². The summed E-state index contributed by atoms with van der Waals surface area (Å²) in [4.78, 5) is 0. The van der Waals surface area contributed by atoms with Gasteiger partial charge in [-0.3, -0.25) is 0 Å². The van der Waals surface area contributed by atoms with Crippen LogP contribution in [-0.4, -0.2) is 10.2 Å². The van der Waals surface area contributed by atoms with E-state index in [-0.39, 0.29) is 5.25 Å². The van der Waals surface area contributed by atoms with E-state index < -0.39 is 0 Å². The Labute approximate surface area is 138 Å². The van der Waals surface area contributed by atoms with Crippen molar-refractivity contribution in [2.24, 2.45) is 0 Å². The fourth-order valence-corrected chi connectivity index (χ4v) is 3.39. The highest BCUT2D eigenvalue weighted by atomic mass is 35.5. The average molecular weight is 331 g/mol. The van der Waals surface area contributed by atoms with E-state index in [0.717, 1.165) is 21.7 Å². The van der Waals surface area contributed by atoms with Crippen LogP contribution in [0.3, 0.4) is 0 Å². The molecule has 3 nitrogen and oxygen atoms in total. The molecule has 0 aliphatic carbocycles. The first-order chi connectivity index (χ1) is 10.6. The van der Waals surface area contributed by atoms with Crippen LogP contribution in [0.4, 0.5) is 0 Å². The van der Waals surface area contributed by atoms with Crippen molar-refractivity contribution in [1.82, 2.24) is 10.2 Å². The third-order valence-electron chi connectivity index (χ3n) is 3.29. The number of aryl methyl sites for hydroxylation is 1. The van der Waals surface area contributed by atoms with E-state index in [1.807, 2.05) is 55.5 Å². The highest BCUT2D eigenvalue weighted by molar-refractivity contribution is 7.99. The minimum absolute atomic E-state index is 0.138. The zero-order chi connectivity index (χ0) is 15.5. The lowest BCUT2D eigenvalue weighted by molar-refractivity contribution is 0.465. The summed E-state index contributed by atoms with van der Waals surface area (Å²) in [5.41, 5.74) is 3.16. The summed E-state index contributed by atoms with van der Waals surface area (Å²) in [6.07, 6.45) is 0. The van der Waals surface area contributed by atoms with Gasteiger partial charge in [0.15, 0.2) is 0 Å². The summed E-state index contributed by atoms with van der Waals surface area (Å²) in [5.74, 6) is 0.539. The third-order valence-corrected chi connectivity index (χ3v) is 4.61. The Kier molecular flexibility index (Phi) is 4.50. The maximum atomic E-state index is 6.22. The van der Waals surface area contributed by atoms with Crippen LogP contribution in [0.1, 0.15) is 23.3 Å². The van der Waals surface area contributed by atoms with Crippen molar-refractivity contribution in [2.45, 2.75) is 24.3 Å². The van der Waals surface area contributed by atoms with Gasteiger partial charge < -0.3 is 4.42 Å².